The SMILES string of the molecule is COc1ccc(OC)c(C=CC(=O)CC(=O)C=Cc2ccc(OC)c(O)c2)c1. The maximum absolute atomic E-state index is 12.1. The number of hydrogen-bond donors (Lipinski definition) is 1. The van der Waals surface area contributed by atoms with Gasteiger partial charge in [0.15, 0.2) is 23.1 Å². The number of hydrogen-bond acceptors (Lipinski definition) is 6. The molecule has 0 aliphatic rings. The molecule has 0 spiro atoms. The van der Waals surface area contributed by atoms with Crippen molar-refractivity contribution in [2.45, 2.75) is 6.42 Å². The van der Waals surface area contributed by atoms with E-state index < -0.39 is 0 Å². The summed E-state index contributed by atoms with van der Waals surface area (Å²) in [6.45, 7) is 0. The number of phenolic OH excluding ortho intramolecular Hbond substituents is 1. The summed E-state index contributed by atoms with van der Waals surface area (Å²) in [5.41, 5.74) is 1.29. The number of ether oxygens (including phenoxy) is 3. The van der Waals surface area contributed by atoms with Gasteiger partial charge in [0.25, 0.3) is 0 Å². The highest BCUT2D eigenvalue weighted by Crippen LogP contribution is 2.27. The van der Waals surface area contributed by atoms with E-state index in [2.05, 4.69) is 0 Å². The van der Waals surface area contributed by atoms with Crippen LogP contribution in [0.3, 0.4) is 0 Å². The Bertz CT molecular complexity index is 911. The number of methoxy groups -OCH3 is 3. The van der Waals surface area contributed by atoms with Gasteiger partial charge in [0.2, 0.25) is 0 Å². The third-order valence-electron chi connectivity index (χ3n) is 3.90. The van der Waals surface area contributed by atoms with Crippen molar-refractivity contribution >= 4 is 23.7 Å². The Morgan fingerprint density at radius 1 is 0.857 bits per heavy atom. The van der Waals surface area contributed by atoms with Crippen LogP contribution in [0.5, 0.6) is 23.0 Å². The van der Waals surface area contributed by atoms with E-state index in [-0.39, 0.29) is 23.7 Å². The second-order valence-electron chi connectivity index (χ2n) is 5.82. The van der Waals surface area contributed by atoms with Gasteiger partial charge in [-0.2, -0.15) is 0 Å². The molecule has 0 aliphatic heterocycles. The Balaban J connectivity index is 2.00. The molecule has 0 aromatic heterocycles. The highest BCUT2D eigenvalue weighted by Gasteiger charge is 2.07. The fourth-order valence-electron chi connectivity index (χ4n) is 2.44. The van der Waals surface area contributed by atoms with Gasteiger partial charge in [0.1, 0.15) is 11.5 Å². The summed E-state index contributed by atoms with van der Waals surface area (Å²) in [7, 11) is 4.54. The Hall–Kier alpha value is -3.54. The summed E-state index contributed by atoms with van der Waals surface area (Å²) in [6.07, 6.45) is 5.49. The number of allylic oxidation sites excluding steroid dienone is 2. The first-order valence-corrected chi connectivity index (χ1v) is 8.47. The van der Waals surface area contributed by atoms with E-state index in [1.165, 1.54) is 38.5 Å². The van der Waals surface area contributed by atoms with E-state index in [1.54, 1.807) is 43.5 Å². The summed E-state index contributed by atoms with van der Waals surface area (Å²) in [6, 6.07) is 9.98. The van der Waals surface area contributed by atoms with Crippen LogP contribution in [0.15, 0.2) is 48.6 Å². The predicted octanol–water partition coefficient (Wildman–Crippen LogP) is 3.67. The molecule has 2 aromatic carbocycles. The van der Waals surface area contributed by atoms with E-state index >= 15 is 0 Å². The zero-order valence-corrected chi connectivity index (χ0v) is 16.0. The van der Waals surface area contributed by atoms with Gasteiger partial charge in [-0.25, -0.2) is 0 Å². The van der Waals surface area contributed by atoms with Crippen molar-refractivity contribution in [3.63, 3.8) is 0 Å². The largest absolute Gasteiger partial charge is 0.504 e. The molecule has 28 heavy (non-hydrogen) atoms. The summed E-state index contributed by atoms with van der Waals surface area (Å²) in [5.74, 6) is 0.866. The average Bonchev–Trinajstić information content (AvgIpc) is 2.70. The zero-order valence-electron chi connectivity index (χ0n) is 16.0. The second kappa shape index (κ2) is 9.97. The molecule has 6 nitrogen and oxygen atoms in total. The minimum absolute atomic E-state index is 0.0247. The number of benzene rings is 2. The van der Waals surface area contributed by atoms with Gasteiger partial charge in [-0.15, -0.1) is 0 Å². The molecule has 0 saturated carbocycles. The molecule has 0 saturated heterocycles. The molecule has 146 valence electrons. The summed E-state index contributed by atoms with van der Waals surface area (Å²) in [5, 5.41) is 9.73. The van der Waals surface area contributed by atoms with Crippen molar-refractivity contribution in [1.29, 1.82) is 0 Å². The highest BCUT2D eigenvalue weighted by molar-refractivity contribution is 6.11. The van der Waals surface area contributed by atoms with Crippen LogP contribution >= 0.6 is 0 Å². The van der Waals surface area contributed by atoms with Crippen molar-refractivity contribution in [3.05, 3.63) is 59.7 Å². The number of carbonyl (C=O) groups excluding carboxylic acids is 2. The third kappa shape index (κ3) is 5.74. The lowest BCUT2D eigenvalue weighted by molar-refractivity contribution is -0.121. The molecule has 0 bridgehead atoms. The van der Waals surface area contributed by atoms with Gasteiger partial charge in [-0.3, -0.25) is 9.59 Å². The van der Waals surface area contributed by atoms with Gasteiger partial charge in [-0.1, -0.05) is 12.1 Å². The van der Waals surface area contributed by atoms with E-state index in [9.17, 15) is 14.7 Å². The Morgan fingerprint density at radius 3 is 2.11 bits per heavy atom. The van der Waals surface area contributed by atoms with Crippen LogP contribution < -0.4 is 14.2 Å². The Morgan fingerprint density at radius 2 is 1.50 bits per heavy atom. The lowest BCUT2D eigenvalue weighted by Gasteiger charge is -2.06. The molecule has 0 unspecified atom stereocenters. The molecule has 0 aliphatic carbocycles. The van der Waals surface area contributed by atoms with Crippen LogP contribution in [0.25, 0.3) is 12.2 Å². The number of ketones is 2. The molecule has 0 heterocycles. The predicted molar refractivity (Wildman–Crippen MR) is 107 cm³/mol. The number of phenols is 1. The smallest absolute Gasteiger partial charge is 0.163 e. The van der Waals surface area contributed by atoms with Gasteiger partial charge in [-0.05, 0) is 54.1 Å². The Labute approximate surface area is 163 Å². The van der Waals surface area contributed by atoms with E-state index in [1.807, 2.05) is 0 Å². The average molecular weight is 382 g/mol. The number of rotatable bonds is 9. The first kappa shape index (κ1) is 20.8. The zero-order chi connectivity index (χ0) is 20.5. The van der Waals surface area contributed by atoms with Crippen LogP contribution in [0, 0.1) is 0 Å². The third-order valence-corrected chi connectivity index (χ3v) is 3.90. The molecular weight excluding hydrogens is 360 g/mol. The summed E-state index contributed by atoms with van der Waals surface area (Å²) in [4.78, 5) is 24.1. The van der Waals surface area contributed by atoms with Gasteiger partial charge < -0.3 is 19.3 Å². The molecule has 0 atom stereocenters. The standard InChI is InChI=1S/C22H22O6/c1-26-19-9-11-21(27-2)16(13-19)6-8-18(24)14-17(23)7-4-15-5-10-22(28-3)20(25)12-15/h4-13,25H,14H2,1-3H3. The normalized spacial score (nSPS) is 11.0. The van der Waals surface area contributed by atoms with E-state index in [0.29, 0.717) is 28.4 Å². The molecule has 0 fully saturated rings. The molecule has 1 N–H and O–H groups in total. The highest BCUT2D eigenvalue weighted by atomic mass is 16.5. The monoisotopic (exact) mass is 382 g/mol. The van der Waals surface area contributed by atoms with Gasteiger partial charge in [0, 0.05) is 5.56 Å². The summed E-state index contributed by atoms with van der Waals surface area (Å²) >= 11 is 0. The van der Waals surface area contributed by atoms with Crippen LogP contribution in [0.1, 0.15) is 17.5 Å². The molecule has 2 rings (SSSR count). The van der Waals surface area contributed by atoms with Crippen molar-refractivity contribution in [2.75, 3.05) is 21.3 Å². The lowest BCUT2D eigenvalue weighted by atomic mass is 10.1. The van der Waals surface area contributed by atoms with E-state index in [0.717, 1.165) is 0 Å². The van der Waals surface area contributed by atoms with Crippen molar-refractivity contribution in [1.82, 2.24) is 0 Å². The van der Waals surface area contributed by atoms with Crippen LogP contribution in [-0.2, 0) is 9.59 Å². The topological polar surface area (TPSA) is 82.1 Å². The van der Waals surface area contributed by atoms with Crippen molar-refractivity contribution in [2.24, 2.45) is 0 Å². The molecule has 6 heteroatoms. The second-order valence-corrected chi connectivity index (χ2v) is 5.82. The van der Waals surface area contributed by atoms with Crippen LogP contribution in [0.2, 0.25) is 0 Å². The maximum atomic E-state index is 12.1. The van der Waals surface area contributed by atoms with E-state index in [4.69, 9.17) is 14.2 Å². The lowest BCUT2D eigenvalue weighted by Crippen LogP contribution is -2.02. The van der Waals surface area contributed by atoms with Gasteiger partial charge in [0.05, 0.1) is 27.8 Å². The fraction of sp³-hybridized carbons (Fsp3) is 0.182. The minimum atomic E-state index is -0.345. The quantitative estimate of drug-likeness (QED) is 0.526. The maximum Gasteiger partial charge on any atom is 0.163 e. The molecule has 0 amide bonds. The Kier molecular flexibility index (Phi) is 7.39. The van der Waals surface area contributed by atoms with Crippen LogP contribution in [0.4, 0.5) is 0 Å². The minimum Gasteiger partial charge on any atom is -0.504 e. The first-order valence-electron chi connectivity index (χ1n) is 8.47. The van der Waals surface area contributed by atoms with Crippen molar-refractivity contribution < 1.29 is 28.9 Å². The number of carbonyl (C=O) groups is 2. The van der Waals surface area contributed by atoms with Crippen molar-refractivity contribution in [3.8, 4) is 23.0 Å². The number of aromatic hydroxyl groups is 1. The summed E-state index contributed by atoms with van der Waals surface area (Å²) < 4.78 is 15.4. The molecule has 0 radical (unpaired) electrons. The fourth-order valence-corrected chi connectivity index (χ4v) is 2.44. The van der Waals surface area contributed by atoms with Crippen LogP contribution in [-0.4, -0.2) is 38.0 Å². The molecular formula is C22H22O6. The first-order chi connectivity index (χ1) is 13.5. The van der Waals surface area contributed by atoms with Gasteiger partial charge >= 0.3 is 0 Å². The molecule has 2 aromatic rings.